The summed E-state index contributed by atoms with van der Waals surface area (Å²) in [6.07, 6.45) is 1.56. The highest BCUT2D eigenvalue weighted by Crippen LogP contribution is 2.05. The molecule has 5 nitrogen and oxygen atoms in total. The minimum atomic E-state index is 0.363. The van der Waals surface area contributed by atoms with Gasteiger partial charge in [0.2, 0.25) is 5.88 Å². The fraction of sp³-hybridized carbons (Fsp3) is 0.375. The molecule has 0 amide bonds. The summed E-state index contributed by atoms with van der Waals surface area (Å²) in [5.74, 6) is 0.851. The largest absolute Gasteiger partial charge is 0.478 e. The molecule has 1 aromatic heterocycles. The number of hydrogen-bond acceptors (Lipinski definition) is 5. The Bertz CT molecular complexity index is 312. The second-order valence-electron chi connectivity index (χ2n) is 2.34. The molecule has 0 aliphatic rings. The summed E-state index contributed by atoms with van der Waals surface area (Å²) in [5, 5.41) is 11.5. The van der Waals surface area contributed by atoms with E-state index in [1.54, 1.807) is 19.2 Å². The van der Waals surface area contributed by atoms with Gasteiger partial charge in [-0.1, -0.05) is 5.16 Å². The lowest BCUT2D eigenvalue weighted by atomic mass is 10.4. The van der Waals surface area contributed by atoms with E-state index in [2.05, 4.69) is 15.1 Å². The number of oxime groups is 1. The third-order valence-corrected chi connectivity index (χ3v) is 1.40. The number of nitrogens with zero attached hydrogens (tertiary/aromatic N) is 3. The van der Waals surface area contributed by atoms with Gasteiger partial charge >= 0.3 is 0 Å². The first-order chi connectivity index (χ1) is 6.27. The molecule has 0 saturated carbocycles. The van der Waals surface area contributed by atoms with Crippen LogP contribution in [0.1, 0.15) is 19.7 Å². The topological polar surface area (TPSA) is 67.6 Å². The van der Waals surface area contributed by atoms with Crippen molar-refractivity contribution in [3.63, 3.8) is 0 Å². The maximum atomic E-state index is 8.48. The van der Waals surface area contributed by atoms with Crippen LogP contribution < -0.4 is 4.74 Å². The monoisotopic (exact) mass is 181 g/mol. The molecule has 0 aliphatic heterocycles. The Kier molecular flexibility index (Phi) is 3.19. The molecule has 13 heavy (non-hydrogen) atoms. The lowest BCUT2D eigenvalue weighted by molar-refractivity contribution is 0.317. The average Bonchev–Trinajstić information content (AvgIpc) is 2.18. The van der Waals surface area contributed by atoms with Gasteiger partial charge in [-0.05, 0) is 13.8 Å². The number of aromatic nitrogens is 2. The Labute approximate surface area is 76.1 Å². The summed E-state index contributed by atoms with van der Waals surface area (Å²) < 4.78 is 5.15. The molecule has 1 N–H and O–H groups in total. The predicted molar refractivity (Wildman–Crippen MR) is 47.2 cm³/mol. The molecule has 0 unspecified atom stereocenters. The molecule has 0 spiro atoms. The van der Waals surface area contributed by atoms with Crippen LogP contribution in [-0.4, -0.2) is 27.5 Å². The summed E-state index contributed by atoms with van der Waals surface area (Å²) in [6.45, 7) is 4.03. The van der Waals surface area contributed by atoms with Gasteiger partial charge in [0.1, 0.15) is 5.71 Å². The summed E-state index contributed by atoms with van der Waals surface area (Å²) in [6, 6.07) is 1.65. The second-order valence-corrected chi connectivity index (χ2v) is 2.34. The smallest absolute Gasteiger partial charge is 0.216 e. The number of rotatable bonds is 3. The van der Waals surface area contributed by atoms with Crippen molar-refractivity contribution in [1.29, 1.82) is 0 Å². The molecule has 0 radical (unpaired) electrons. The molecule has 1 heterocycles. The molecule has 0 atom stereocenters. The quantitative estimate of drug-likeness (QED) is 0.430. The molecule has 70 valence electrons. The van der Waals surface area contributed by atoms with Crippen LogP contribution in [-0.2, 0) is 0 Å². The fourth-order valence-corrected chi connectivity index (χ4v) is 0.789. The van der Waals surface area contributed by atoms with E-state index in [1.807, 2.05) is 6.92 Å². The normalized spacial score (nSPS) is 11.4. The van der Waals surface area contributed by atoms with Crippen molar-refractivity contribution in [3.8, 4) is 5.88 Å². The minimum Gasteiger partial charge on any atom is -0.478 e. The molecule has 5 heteroatoms. The van der Waals surface area contributed by atoms with Gasteiger partial charge in [0, 0.05) is 12.3 Å². The van der Waals surface area contributed by atoms with Crippen molar-refractivity contribution >= 4 is 5.71 Å². The first kappa shape index (κ1) is 9.44. The lowest BCUT2D eigenvalue weighted by Gasteiger charge is -2.02. The van der Waals surface area contributed by atoms with Gasteiger partial charge in [-0.25, -0.2) is 4.98 Å². The zero-order chi connectivity index (χ0) is 9.68. The van der Waals surface area contributed by atoms with Crippen molar-refractivity contribution in [1.82, 2.24) is 9.97 Å². The van der Waals surface area contributed by atoms with Gasteiger partial charge in [0.05, 0.1) is 6.61 Å². The highest BCUT2D eigenvalue weighted by atomic mass is 16.5. The van der Waals surface area contributed by atoms with E-state index in [4.69, 9.17) is 9.94 Å². The molecule has 0 bridgehead atoms. The van der Waals surface area contributed by atoms with Gasteiger partial charge in [-0.3, -0.25) is 0 Å². The maximum Gasteiger partial charge on any atom is 0.216 e. The lowest BCUT2D eigenvalue weighted by Crippen LogP contribution is -2.04. The maximum absolute atomic E-state index is 8.48. The summed E-state index contributed by atoms with van der Waals surface area (Å²) in [5.41, 5.74) is 0.363. The molecule has 1 aromatic rings. The van der Waals surface area contributed by atoms with Crippen molar-refractivity contribution in [2.24, 2.45) is 5.16 Å². The highest BCUT2D eigenvalue weighted by Gasteiger charge is 2.02. The van der Waals surface area contributed by atoms with Gasteiger partial charge < -0.3 is 9.94 Å². The fourth-order valence-electron chi connectivity index (χ4n) is 0.789. The van der Waals surface area contributed by atoms with Crippen LogP contribution in [0, 0.1) is 0 Å². The number of hydrogen-bond donors (Lipinski definition) is 1. The van der Waals surface area contributed by atoms with E-state index in [1.165, 1.54) is 0 Å². The zero-order valence-electron chi connectivity index (χ0n) is 7.56. The highest BCUT2D eigenvalue weighted by molar-refractivity contribution is 5.94. The second kappa shape index (κ2) is 4.39. The molecule has 0 aromatic carbocycles. The molecular weight excluding hydrogens is 170 g/mol. The van der Waals surface area contributed by atoms with E-state index >= 15 is 0 Å². The first-order valence-electron chi connectivity index (χ1n) is 3.92. The third-order valence-electron chi connectivity index (χ3n) is 1.40. The van der Waals surface area contributed by atoms with E-state index < -0.39 is 0 Å². The Hall–Kier alpha value is -1.65. The van der Waals surface area contributed by atoms with Gasteiger partial charge in [0.25, 0.3) is 0 Å². The van der Waals surface area contributed by atoms with Crippen molar-refractivity contribution in [2.75, 3.05) is 6.61 Å². The summed E-state index contributed by atoms with van der Waals surface area (Å²) in [4.78, 5) is 7.92. The Morgan fingerprint density at radius 2 is 2.46 bits per heavy atom. The zero-order valence-corrected chi connectivity index (χ0v) is 7.56. The molecule has 0 saturated heterocycles. The molecule has 1 rings (SSSR count). The van der Waals surface area contributed by atoms with Crippen LogP contribution in [0.2, 0.25) is 0 Å². The van der Waals surface area contributed by atoms with E-state index in [0.29, 0.717) is 24.0 Å². The number of ether oxygens (including phenoxy) is 1. The van der Waals surface area contributed by atoms with Gasteiger partial charge in [-0.15, -0.1) is 0 Å². The molecular formula is C8H11N3O2. The van der Waals surface area contributed by atoms with E-state index in [9.17, 15) is 0 Å². The van der Waals surface area contributed by atoms with Crippen LogP contribution in [0.4, 0.5) is 0 Å². The standard InChI is InChI=1S/C8H11N3O2/c1-3-13-7-4-5-9-8(10-7)6(2)11-12/h4-5,12H,3H2,1-2H3/b11-6+. The van der Waals surface area contributed by atoms with Crippen LogP contribution >= 0.6 is 0 Å². The Morgan fingerprint density at radius 3 is 3.08 bits per heavy atom. The van der Waals surface area contributed by atoms with E-state index in [-0.39, 0.29) is 0 Å². The van der Waals surface area contributed by atoms with Crippen LogP contribution in [0.25, 0.3) is 0 Å². The average molecular weight is 181 g/mol. The van der Waals surface area contributed by atoms with Crippen LogP contribution in [0.3, 0.4) is 0 Å². The van der Waals surface area contributed by atoms with Crippen LogP contribution in [0.5, 0.6) is 5.88 Å². The summed E-state index contributed by atoms with van der Waals surface area (Å²) in [7, 11) is 0. The first-order valence-corrected chi connectivity index (χ1v) is 3.92. The predicted octanol–water partition coefficient (Wildman–Crippen LogP) is 1.07. The van der Waals surface area contributed by atoms with Gasteiger partial charge in [0.15, 0.2) is 5.82 Å². The van der Waals surface area contributed by atoms with Gasteiger partial charge in [-0.2, -0.15) is 4.98 Å². The summed E-state index contributed by atoms with van der Waals surface area (Å²) >= 11 is 0. The SMILES string of the molecule is CCOc1ccnc(/C(C)=N/O)n1. The van der Waals surface area contributed by atoms with E-state index in [0.717, 1.165) is 0 Å². The van der Waals surface area contributed by atoms with Crippen molar-refractivity contribution < 1.29 is 9.94 Å². The van der Waals surface area contributed by atoms with Crippen molar-refractivity contribution in [2.45, 2.75) is 13.8 Å². The minimum absolute atomic E-state index is 0.363. The van der Waals surface area contributed by atoms with Crippen LogP contribution in [0.15, 0.2) is 17.4 Å². The van der Waals surface area contributed by atoms with Crippen molar-refractivity contribution in [3.05, 3.63) is 18.1 Å². The Morgan fingerprint density at radius 1 is 1.69 bits per heavy atom. The molecule has 0 aliphatic carbocycles. The third kappa shape index (κ3) is 2.40. The molecule has 0 fully saturated rings. The Balaban J connectivity index is 2.91.